The van der Waals surface area contributed by atoms with E-state index in [4.69, 9.17) is 9.47 Å². The lowest BCUT2D eigenvalue weighted by molar-refractivity contribution is -0.167. The van der Waals surface area contributed by atoms with Crippen LogP contribution in [-0.2, 0) is 15.9 Å². The van der Waals surface area contributed by atoms with E-state index in [2.05, 4.69) is 16.9 Å². The molecule has 0 amide bonds. The molecule has 2 aliphatic rings. The summed E-state index contributed by atoms with van der Waals surface area (Å²) in [7, 11) is 0. The first kappa shape index (κ1) is 10.2. The van der Waals surface area contributed by atoms with E-state index in [1.807, 2.05) is 13.1 Å². The second-order valence-electron chi connectivity index (χ2n) is 4.72. The Hall–Kier alpha value is -1.00. The molecule has 1 aromatic heterocycles. The first-order valence-corrected chi connectivity index (χ1v) is 5.79. The first-order chi connectivity index (χ1) is 7.69. The molecule has 4 nitrogen and oxygen atoms in total. The van der Waals surface area contributed by atoms with Gasteiger partial charge in [-0.2, -0.15) is 0 Å². The van der Waals surface area contributed by atoms with Gasteiger partial charge in [0.25, 0.3) is 0 Å². The van der Waals surface area contributed by atoms with E-state index < -0.39 is 5.79 Å². The van der Waals surface area contributed by atoms with Crippen molar-refractivity contribution in [3.05, 3.63) is 23.3 Å². The molecule has 1 aromatic rings. The number of hydrogen-bond donors (Lipinski definition) is 0. The van der Waals surface area contributed by atoms with E-state index in [0.717, 1.165) is 24.4 Å². The zero-order valence-electron chi connectivity index (χ0n) is 9.69. The Bertz CT molecular complexity index is 413. The molecule has 1 atom stereocenters. The van der Waals surface area contributed by atoms with Gasteiger partial charge >= 0.3 is 0 Å². The number of hydrogen-bond acceptors (Lipinski definition) is 4. The maximum Gasteiger partial charge on any atom is 0.173 e. The average Bonchev–Trinajstić information content (AvgIpc) is 2.68. The monoisotopic (exact) mass is 220 g/mol. The van der Waals surface area contributed by atoms with Crippen LogP contribution in [0.3, 0.4) is 0 Å². The molecule has 1 saturated heterocycles. The largest absolute Gasteiger partial charge is 0.347 e. The van der Waals surface area contributed by atoms with Crippen molar-refractivity contribution in [1.29, 1.82) is 0 Å². The van der Waals surface area contributed by atoms with E-state index in [-0.39, 0.29) is 0 Å². The lowest BCUT2D eigenvalue weighted by Gasteiger charge is -2.35. The minimum Gasteiger partial charge on any atom is -0.347 e. The van der Waals surface area contributed by atoms with Crippen molar-refractivity contribution in [1.82, 2.24) is 9.97 Å². The van der Waals surface area contributed by atoms with Crippen LogP contribution >= 0.6 is 0 Å². The Balaban J connectivity index is 1.99. The smallest absolute Gasteiger partial charge is 0.173 e. The first-order valence-electron chi connectivity index (χ1n) is 5.79. The summed E-state index contributed by atoms with van der Waals surface area (Å²) in [6.45, 7) is 5.51. The van der Waals surface area contributed by atoms with E-state index >= 15 is 0 Å². The van der Waals surface area contributed by atoms with Crippen LogP contribution < -0.4 is 0 Å². The fourth-order valence-electron chi connectivity index (χ4n) is 2.72. The molecule has 0 saturated carbocycles. The third kappa shape index (κ3) is 1.53. The molecule has 16 heavy (non-hydrogen) atoms. The lowest BCUT2D eigenvalue weighted by Crippen LogP contribution is -2.38. The summed E-state index contributed by atoms with van der Waals surface area (Å²) in [5.74, 6) is 0.823. The zero-order chi connectivity index (χ0) is 11.2. The molecular weight excluding hydrogens is 204 g/mol. The standard InChI is InChI=1S/C12H16N2O2/c1-8-5-12(15-3-4-16-12)6-10-7-13-9(2)14-11(8)10/h7-8H,3-6H2,1-2H3. The van der Waals surface area contributed by atoms with Crippen molar-refractivity contribution in [2.75, 3.05) is 13.2 Å². The summed E-state index contributed by atoms with van der Waals surface area (Å²) in [4.78, 5) is 8.79. The van der Waals surface area contributed by atoms with Gasteiger partial charge in [-0.25, -0.2) is 9.97 Å². The number of aryl methyl sites for hydroxylation is 1. The predicted molar refractivity (Wildman–Crippen MR) is 58.1 cm³/mol. The van der Waals surface area contributed by atoms with Gasteiger partial charge in [0, 0.05) is 25.0 Å². The highest BCUT2D eigenvalue weighted by Gasteiger charge is 2.43. The van der Waals surface area contributed by atoms with Crippen molar-refractivity contribution in [2.45, 2.75) is 38.4 Å². The molecule has 1 aliphatic heterocycles. The van der Waals surface area contributed by atoms with Crippen LogP contribution in [0, 0.1) is 6.92 Å². The summed E-state index contributed by atoms with van der Waals surface area (Å²) >= 11 is 0. The predicted octanol–water partition coefficient (Wildman–Crippen LogP) is 1.58. The van der Waals surface area contributed by atoms with Crippen molar-refractivity contribution >= 4 is 0 Å². The maximum atomic E-state index is 5.76. The fourth-order valence-corrected chi connectivity index (χ4v) is 2.72. The normalized spacial score (nSPS) is 27.0. The third-order valence-corrected chi connectivity index (χ3v) is 3.38. The third-order valence-electron chi connectivity index (χ3n) is 3.38. The van der Waals surface area contributed by atoms with Gasteiger partial charge in [-0.3, -0.25) is 0 Å². The van der Waals surface area contributed by atoms with Gasteiger partial charge in [-0.1, -0.05) is 6.92 Å². The fraction of sp³-hybridized carbons (Fsp3) is 0.667. The van der Waals surface area contributed by atoms with E-state index in [1.165, 1.54) is 5.56 Å². The Kier molecular flexibility index (Phi) is 2.23. The van der Waals surface area contributed by atoms with Crippen LogP contribution in [0.25, 0.3) is 0 Å². The van der Waals surface area contributed by atoms with Gasteiger partial charge in [-0.15, -0.1) is 0 Å². The number of nitrogens with zero attached hydrogens (tertiary/aromatic N) is 2. The van der Waals surface area contributed by atoms with E-state index in [0.29, 0.717) is 19.1 Å². The Morgan fingerprint density at radius 1 is 1.38 bits per heavy atom. The van der Waals surface area contributed by atoms with E-state index in [9.17, 15) is 0 Å². The van der Waals surface area contributed by atoms with E-state index in [1.54, 1.807) is 0 Å². The van der Waals surface area contributed by atoms with Gasteiger partial charge in [0.1, 0.15) is 5.82 Å². The SMILES string of the molecule is Cc1ncc2c(n1)C(C)CC1(C2)OCCO1. The van der Waals surface area contributed by atoms with Crippen molar-refractivity contribution < 1.29 is 9.47 Å². The van der Waals surface area contributed by atoms with Gasteiger partial charge in [0.15, 0.2) is 5.79 Å². The molecule has 0 radical (unpaired) electrons. The van der Waals surface area contributed by atoms with Gasteiger partial charge < -0.3 is 9.47 Å². The minimum absolute atomic E-state index is 0.378. The number of ether oxygens (including phenoxy) is 2. The Morgan fingerprint density at radius 2 is 2.12 bits per heavy atom. The summed E-state index contributed by atoms with van der Waals surface area (Å²) in [6, 6.07) is 0. The molecule has 3 rings (SSSR count). The zero-order valence-corrected chi connectivity index (χ0v) is 9.69. The molecular formula is C12H16N2O2. The highest BCUT2D eigenvalue weighted by molar-refractivity contribution is 5.26. The maximum absolute atomic E-state index is 5.76. The molecule has 1 aliphatic carbocycles. The van der Waals surface area contributed by atoms with Crippen molar-refractivity contribution in [3.8, 4) is 0 Å². The van der Waals surface area contributed by atoms with Crippen molar-refractivity contribution in [3.63, 3.8) is 0 Å². The second kappa shape index (κ2) is 3.50. The topological polar surface area (TPSA) is 44.2 Å². The highest BCUT2D eigenvalue weighted by Crippen LogP contribution is 2.40. The molecule has 0 N–H and O–H groups in total. The average molecular weight is 220 g/mol. The van der Waals surface area contributed by atoms with Crippen LogP contribution in [0.4, 0.5) is 0 Å². The molecule has 0 bridgehead atoms. The molecule has 4 heteroatoms. The highest BCUT2D eigenvalue weighted by atomic mass is 16.7. The van der Waals surface area contributed by atoms with Crippen LogP contribution in [0.1, 0.15) is 36.3 Å². The molecule has 86 valence electrons. The number of fused-ring (bicyclic) bond motifs is 1. The minimum atomic E-state index is -0.398. The number of aromatic nitrogens is 2. The number of rotatable bonds is 0. The molecule has 1 fully saturated rings. The molecule has 1 unspecified atom stereocenters. The van der Waals surface area contributed by atoms with Crippen molar-refractivity contribution in [2.24, 2.45) is 0 Å². The van der Waals surface area contributed by atoms with Gasteiger partial charge in [-0.05, 0) is 12.5 Å². The van der Waals surface area contributed by atoms with Crippen LogP contribution in [-0.4, -0.2) is 29.0 Å². The Morgan fingerprint density at radius 3 is 2.88 bits per heavy atom. The Labute approximate surface area is 95.0 Å². The quantitative estimate of drug-likeness (QED) is 0.666. The molecule has 0 aromatic carbocycles. The summed E-state index contributed by atoms with van der Waals surface area (Å²) in [5, 5.41) is 0. The lowest BCUT2D eigenvalue weighted by atomic mass is 9.84. The van der Waals surface area contributed by atoms with Gasteiger partial charge in [0.2, 0.25) is 0 Å². The summed E-state index contributed by atoms with van der Waals surface area (Å²) < 4.78 is 11.5. The van der Waals surface area contributed by atoms with Crippen LogP contribution in [0.5, 0.6) is 0 Å². The molecule has 2 heterocycles. The summed E-state index contributed by atoms with van der Waals surface area (Å²) in [5.41, 5.74) is 2.34. The van der Waals surface area contributed by atoms with Gasteiger partial charge in [0.05, 0.1) is 18.9 Å². The molecule has 1 spiro atoms. The second-order valence-corrected chi connectivity index (χ2v) is 4.72. The van der Waals surface area contributed by atoms with Crippen LogP contribution in [0.2, 0.25) is 0 Å². The summed E-state index contributed by atoms with van der Waals surface area (Å²) in [6.07, 6.45) is 3.60. The van der Waals surface area contributed by atoms with Crippen LogP contribution in [0.15, 0.2) is 6.20 Å².